The summed E-state index contributed by atoms with van der Waals surface area (Å²) < 4.78 is 12.5. The molecule has 7 nitrogen and oxygen atoms in total. The Bertz CT molecular complexity index is 886. The molecule has 0 amide bonds. The molecule has 7 heteroatoms. The Kier molecular flexibility index (Phi) is 10.0. The van der Waals surface area contributed by atoms with Crippen molar-refractivity contribution < 1.29 is 34.7 Å². The number of aliphatic hydroxyl groups excluding tert-OH is 4. The predicted octanol–water partition coefficient (Wildman–Crippen LogP) is 4.29. The second-order valence-electron chi connectivity index (χ2n) is 12.7. The lowest BCUT2D eigenvalue weighted by Crippen LogP contribution is -2.64. The van der Waals surface area contributed by atoms with Crippen LogP contribution in [-0.2, 0) is 9.47 Å². The summed E-state index contributed by atoms with van der Waals surface area (Å²) in [5, 5.41) is 41.8. The molecule has 0 radical (unpaired) electrons. The number of hydrogen-bond donors (Lipinski definition) is 4. The van der Waals surface area contributed by atoms with E-state index in [0.29, 0.717) is 25.7 Å². The number of carbonyl (C=O) groups excluding carboxylic acids is 1. The van der Waals surface area contributed by atoms with Crippen molar-refractivity contribution >= 4 is 6.16 Å². The van der Waals surface area contributed by atoms with Gasteiger partial charge in [0.05, 0.1) is 12.2 Å². The maximum atomic E-state index is 13.9. The van der Waals surface area contributed by atoms with Crippen LogP contribution < -0.4 is 0 Å². The van der Waals surface area contributed by atoms with E-state index in [1.54, 1.807) is 13.8 Å². The third-order valence-electron chi connectivity index (χ3n) is 9.58. The quantitative estimate of drug-likeness (QED) is 0.314. The van der Waals surface area contributed by atoms with Crippen molar-refractivity contribution in [1.29, 1.82) is 0 Å². The van der Waals surface area contributed by atoms with Gasteiger partial charge in [-0.1, -0.05) is 91.9 Å². The topological polar surface area (TPSA) is 116 Å². The van der Waals surface area contributed by atoms with Gasteiger partial charge in [-0.3, -0.25) is 0 Å². The average molecular weight is 535 g/mol. The standard InChI is InChI=1S/C31H50O7/c1-11-23-25(34)17-19(3)30(28(23,7)8,15-13-21(5)32)37-27(36)38-31(16-14-22(6)33)20(4)18-26(35)24(12-2)29(31,9)10/h19-26,32-35H,11-12,17-18H2,1-10H3. The number of ether oxygens (including phenoxy) is 2. The van der Waals surface area contributed by atoms with E-state index in [1.165, 1.54) is 0 Å². The first-order chi connectivity index (χ1) is 17.4. The van der Waals surface area contributed by atoms with E-state index < -0.39 is 52.6 Å². The smallest absolute Gasteiger partial charge is 0.414 e. The van der Waals surface area contributed by atoms with E-state index in [-0.39, 0.29) is 23.7 Å². The SMILES string of the molecule is CCC1C(O)CC(C)C(C#CC(C)O)(OC(=O)OC2(C#CC(C)O)C(C)CC(O)C(CC)C2(C)C)C1(C)C. The molecule has 0 aromatic heterocycles. The highest BCUT2D eigenvalue weighted by Crippen LogP contribution is 2.56. The summed E-state index contributed by atoms with van der Waals surface area (Å²) in [5.74, 6) is 10.7. The zero-order valence-electron chi connectivity index (χ0n) is 25.0. The first-order valence-electron chi connectivity index (χ1n) is 14.1. The molecule has 2 saturated carbocycles. The predicted molar refractivity (Wildman–Crippen MR) is 147 cm³/mol. The summed E-state index contributed by atoms with van der Waals surface area (Å²) in [6.45, 7) is 18.6. The van der Waals surface area contributed by atoms with Crippen LogP contribution in [0.3, 0.4) is 0 Å². The summed E-state index contributed by atoms with van der Waals surface area (Å²) in [6.07, 6.45) is -1.92. The Morgan fingerprint density at radius 3 is 1.37 bits per heavy atom. The van der Waals surface area contributed by atoms with E-state index in [1.807, 2.05) is 55.4 Å². The maximum Gasteiger partial charge on any atom is 0.511 e. The molecular weight excluding hydrogens is 484 g/mol. The van der Waals surface area contributed by atoms with Crippen LogP contribution in [0, 0.1) is 58.2 Å². The highest BCUT2D eigenvalue weighted by atomic mass is 16.7. The van der Waals surface area contributed by atoms with Crippen LogP contribution in [0.1, 0.15) is 94.9 Å². The minimum absolute atomic E-state index is 0.205. The zero-order valence-corrected chi connectivity index (χ0v) is 25.0. The molecule has 0 heterocycles. The minimum Gasteiger partial charge on any atom is -0.414 e. The molecule has 2 aliphatic carbocycles. The Morgan fingerprint density at radius 2 is 1.11 bits per heavy atom. The molecule has 0 aromatic rings. The molecule has 216 valence electrons. The first-order valence-corrected chi connectivity index (χ1v) is 14.1. The van der Waals surface area contributed by atoms with Crippen LogP contribution in [0.5, 0.6) is 0 Å². The summed E-state index contributed by atoms with van der Waals surface area (Å²) in [4.78, 5) is 13.9. The number of hydrogen-bond acceptors (Lipinski definition) is 7. The Hall–Kier alpha value is -1.77. The highest BCUT2D eigenvalue weighted by molar-refractivity contribution is 5.64. The normalized spacial score (nSPS) is 39.4. The van der Waals surface area contributed by atoms with Gasteiger partial charge in [-0.05, 0) is 38.5 Å². The highest BCUT2D eigenvalue weighted by Gasteiger charge is 2.63. The van der Waals surface area contributed by atoms with E-state index in [4.69, 9.17) is 9.47 Å². The van der Waals surface area contributed by atoms with Crippen molar-refractivity contribution in [3.05, 3.63) is 0 Å². The molecule has 0 saturated heterocycles. The molecule has 0 bridgehead atoms. The second-order valence-corrected chi connectivity index (χ2v) is 12.7. The van der Waals surface area contributed by atoms with E-state index in [0.717, 1.165) is 0 Å². The summed E-state index contributed by atoms with van der Waals surface area (Å²) in [7, 11) is 0. The molecule has 10 unspecified atom stereocenters. The van der Waals surface area contributed by atoms with Gasteiger partial charge in [0.2, 0.25) is 0 Å². The fourth-order valence-corrected chi connectivity index (χ4v) is 7.52. The Balaban J connectivity index is 2.65. The van der Waals surface area contributed by atoms with Crippen molar-refractivity contribution in [2.45, 2.75) is 131 Å². The van der Waals surface area contributed by atoms with Crippen LogP contribution >= 0.6 is 0 Å². The van der Waals surface area contributed by atoms with Gasteiger partial charge in [-0.2, -0.15) is 0 Å². The third-order valence-corrected chi connectivity index (χ3v) is 9.58. The average Bonchev–Trinajstić information content (AvgIpc) is 2.77. The summed E-state index contributed by atoms with van der Waals surface area (Å²) in [6, 6.07) is 0. The van der Waals surface area contributed by atoms with Crippen molar-refractivity contribution in [3.63, 3.8) is 0 Å². The molecule has 2 rings (SSSR count). The van der Waals surface area contributed by atoms with Crippen molar-refractivity contribution in [1.82, 2.24) is 0 Å². The van der Waals surface area contributed by atoms with Crippen molar-refractivity contribution in [3.8, 4) is 23.7 Å². The molecule has 2 fully saturated rings. The molecule has 38 heavy (non-hydrogen) atoms. The largest absolute Gasteiger partial charge is 0.511 e. The zero-order chi connectivity index (χ0) is 29.3. The van der Waals surface area contributed by atoms with E-state index in [9.17, 15) is 25.2 Å². The first kappa shape index (κ1) is 32.4. The molecule has 0 aliphatic heterocycles. The van der Waals surface area contributed by atoms with Crippen LogP contribution in [0.4, 0.5) is 4.79 Å². The lowest BCUT2D eigenvalue weighted by molar-refractivity contribution is -0.205. The van der Waals surface area contributed by atoms with Gasteiger partial charge in [0.15, 0.2) is 11.2 Å². The van der Waals surface area contributed by atoms with Gasteiger partial charge in [0.25, 0.3) is 0 Å². The molecular formula is C31H50O7. The van der Waals surface area contributed by atoms with Gasteiger partial charge in [0, 0.05) is 22.7 Å². The fourth-order valence-electron chi connectivity index (χ4n) is 7.52. The third kappa shape index (κ3) is 5.59. The van der Waals surface area contributed by atoms with Crippen molar-refractivity contribution in [2.24, 2.45) is 34.5 Å². The summed E-state index contributed by atoms with van der Waals surface area (Å²) >= 11 is 0. The minimum atomic E-state index is -1.34. The maximum absolute atomic E-state index is 13.9. The molecule has 0 aromatic carbocycles. The van der Waals surface area contributed by atoms with Gasteiger partial charge in [-0.15, -0.1) is 0 Å². The molecule has 4 N–H and O–H groups in total. The fraction of sp³-hybridized carbons (Fsp3) is 0.839. The number of rotatable bonds is 4. The van der Waals surface area contributed by atoms with Crippen LogP contribution in [0.25, 0.3) is 0 Å². The van der Waals surface area contributed by atoms with Crippen molar-refractivity contribution in [2.75, 3.05) is 0 Å². The monoisotopic (exact) mass is 534 g/mol. The number of aliphatic hydroxyl groups is 4. The molecule has 10 atom stereocenters. The van der Waals surface area contributed by atoms with Gasteiger partial charge < -0.3 is 29.9 Å². The summed E-state index contributed by atoms with van der Waals surface area (Å²) in [5.41, 5.74) is -4.22. The van der Waals surface area contributed by atoms with Crippen LogP contribution in [0.15, 0.2) is 0 Å². The van der Waals surface area contributed by atoms with Gasteiger partial charge in [-0.25, -0.2) is 4.79 Å². The van der Waals surface area contributed by atoms with Gasteiger partial charge >= 0.3 is 6.16 Å². The number of carbonyl (C=O) groups is 1. The second kappa shape index (κ2) is 11.8. The Labute approximate surface area is 229 Å². The van der Waals surface area contributed by atoms with Crippen LogP contribution in [0.2, 0.25) is 0 Å². The van der Waals surface area contributed by atoms with Gasteiger partial charge in [0.1, 0.15) is 12.2 Å². The lowest BCUT2D eigenvalue weighted by Gasteiger charge is -2.57. The lowest BCUT2D eigenvalue weighted by atomic mass is 9.54. The molecule has 0 spiro atoms. The molecule has 2 aliphatic rings. The van der Waals surface area contributed by atoms with Crippen LogP contribution in [-0.4, -0.2) is 62.2 Å². The van der Waals surface area contributed by atoms with E-state index in [2.05, 4.69) is 23.7 Å². The van der Waals surface area contributed by atoms with E-state index >= 15 is 0 Å². The Morgan fingerprint density at radius 1 is 0.789 bits per heavy atom.